The Balaban J connectivity index is 1.86. The Morgan fingerprint density at radius 2 is 1.70 bits per heavy atom. The lowest BCUT2D eigenvalue weighted by Gasteiger charge is -2.38. The van der Waals surface area contributed by atoms with Gasteiger partial charge in [-0.1, -0.05) is 30.3 Å². The second-order valence-electron chi connectivity index (χ2n) is 6.12. The van der Waals surface area contributed by atoms with Crippen LogP contribution in [0.3, 0.4) is 0 Å². The van der Waals surface area contributed by atoms with Crippen molar-refractivity contribution in [3.05, 3.63) is 35.9 Å². The van der Waals surface area contributed by atoms with Gasteiger partial charge in [-0.25, -0.2) is 0 Å². The molecule has 1 aromatic rings. The molecule has 23 heavy (non-hydrogen) atoms. The van der Waals surface area contributed by atoms with E-state index in [0.29, 0.717) is 19.5 Å². The standard InChI is InChI=1S/C18H26N2O3/c1-14(13-17(21)23-3)19-9-11-20(12-10-19)18(22)15(2)16-7-5-4-6-8-16/h4-8,14-15H,9-13H2,1-3H3/t14-,15-/m0/s1. The van der Waals surface area contributed by atoms with E-state index in [1.165, 1.54) is 7.11 Å². The number of piperazine rings is 1. The van der Waals surface area contributed by atoms with Crippen LogP contribution >= 0.6 is 0 Å². The van der Waals surface area contributed by atoms with Crippen LogP contribution in [0.25, 0.3) is 0 Å². The highest BCUT2D eigenvalue weighted by Crippen LogP contribution is 2.19. The molecule has 2 atom stereocenters. The number of benzene rings is 1. The summed E-state index contributed by atoms with van der Waals surface area (Å²) in [5, 5.41) is 0. The largest absolute Gasteiger partial charge is 0.469 e. The highest BCUT2D eigenvalue weighted by molar-refractivity contribution is 5.83. The zero-order valence-corrected chi connectivity index (χ0v) is 14.2. The number of hydrogen-bond acceptors (Lipinski definition) is 4. The topological polar surface area (TPSA) is 49.9 Å². The van der Waals surface area contributed by atoms with Gasteiger partial charge in [0.05, 0.1) is 19.4 Å². The molecule has 2 rings (SSSR count). The van der Waals surface area contributed by atoms with Crippen molar-refractivity contribution < 1.29 is 14.3 Å². The lowest BCUT2D eigenvalue weighted by Crippen LogP contribution is -2.52. The first-order chi connectivity index (χ1) is 11.0. The molecule has 1 saturated heterocycles. The van der Waals surface area contributed by atoms with Crippen molar-refractivity contribution in [3.63, 3.8) is 0 Å². The van der Waals surface area contributed by atoms with Crippen LogP contribution in [-0.2, 0) is 14.3 Å². The Hall–Kier alpha value is -1.88. The van der Waals surface area contributed by atoms with Gasteiger partial charge in [-0.05, 0) is 19.4 Å². The van der Waals surface area contributed by atoms with E-state index in [0.717, 1.165) is 18.7 Å². The third kappa shape index (κ3) is 4.55. The van der Waals surface area contributed by atoms with Gasteiger partial charge in [0.25, 0.3) is 0 Å². The van der Waals surface area contributed by atoms with Crippen molar-refractivity contribution >= 4 is 11.9 Å². The maximum atomic E-state index is 12.6. The number of nitrogens with zero attached hydrogens (tertiary/aromatic N) is 2. The number of ether oxygens (including phenoxy) is 1. The molecule has 5 nitrogen and oxygen atoms in total. The second-order valence-corrected chi connectivity index (χ2v) is 6.12. The fourth-order valence-electron chi connectivity index (χ4n) is 2.99. The predicted octanol–water partition coefficient (Wildman–Crippen LogP) is 1.89. The predicted molar refractivity (Wildman–Crippen MR) is 89.1 cm³/mol. The van der Waals surface area contributed by atoms with Crippen molar-refractivity contribution in [1.82, 2.24) is 9.80 Å². The molecule has 1 fully saturated rings. The van der Waals surface area contributed by atoms with E-state index in [1.807, 2.05) is 49.1 Å². The number of amides is 1. The first kappa shape index (κ1) is 17.5. The molecule has 1 heterocycles. The Bertz CT molecular complexity index is 524. The number of hydrogen-bond donors (Lipinski definition) is 0. The van der Waals surface area contributed by atoms with Crippen molar-refractivity contribution in [2.24, 2.45) is 0 Å². The molecule has 1 aliphatic heterocycles. The number of rotatable bonds is 5. The quantitative estimate of drug-likeness (QED) is 0.778. The third-order valence-corrected chi connectivity index (χ3v) is 4.61. The maximum absolute atomic E-state index is 12.6. The molecule has 0 spiro atoms. The molecule has 126 valence electrons. The van der Waals surface area contributed by atoms with Gasteiger partial charge in [-0.3, -0.25) is 14.5 Å². The molecular weight excluding hydrogens is 292 g/mol. The Morgan fingerprint density at radius 1 is 1.09 bits per heavy atom. The highest BCUT2D eigenvalue weighted by Gasteiger charge is 2.28. The summed E-state index contributed by atoms with van der Waals surface area (Å²) >= 11 is 0. The minimum atomic E-state index is -0.186. The van der Waals surface area contributed by atoms with Gasteiger partial charge >= 0.3 is 5.97 Å². The first-order valence-corrected chi connectivity index (χ1v) is 8.17. The summed E-state index contributed by atoms with van der Waals surface area (Å²) in [6, 6.07) is 10.0. The van der Waals surface area contributed by atoms with E-state index in [4.69, 9.17) is 4.74 Å². The Kier molecular flexibility index (Phi) is 6.16. The lowest BCUT2D eigenvalue weighted by molar-refractivity contribution is -0.143. The Morgan fingerprint density at radius 3 is 2.26 bits per heavy atom. The molecule has 0 unspecified atom stereocenters. The smallest absolute Gasteiger partial charge is 0.307 e. The summed E-state index contributed by atoms with van der Waals surface area (Å²) in [4.78, 5) is 28.2. The van der Waals surface area contributed by atoms with Gasteiger partial charge in [0.2, 0.25) is 5.91 Å². The molecule has 0 aliphatic carbocycles. The zero-order valence-electron chi connectivity index (χ0n) is 14.2. The van der Waals surface area contributed by atoms with Crippen molar-refractivity contribution in [3.8, 4) is 0 Å². The molecule has 0 bridgehead atoms. The summed E-state index contributed by atoms with van der Waals surface area (Å²) in [7, 11) is 1.41. The van der Waals surface area contributed by atoms with Crippen LogP contribution < -0.4 is 0 Å². The molecule has 1 aromatic carbocycles. The summed E-state index contributed by atoms with van der Waals surface area (Å²) in [6.07, 6.45) is 0.394. The van der Waals surface area contributed by atoms with Gasteiger partial charge in [0.1, 0.15) is 0 Å². The minimum absolute atomic E-state index is 0.116. The van der Waals surface area contributed by atoms with Crippen molar-refractivity contribution in [1.29, 1.82) is 0 Å². The number of esters is 1. The van der Waals surface area contributed by atoms with Crippen molar-refractivity contribution in [2.45, 2.75) is 32.2 Å². The minimum Gasteiger partial charge on any atom is -0.469 e. The molecule has 0 aromatic heterocycles. The van der Waals surface area contributed by atoms with E-state index in [-0.39, 0.29) is 23.8 Å². The Labute approximate surface area is 138 Å². The number of methoxy groups -OCH3 is 1. The van der Waals surface area contributed by atoms with Gasteiger partial charge < -0.3 is 9.64 Å². The average molecular weight is 318 g/mol. The van der Waals surface area contributed by atoms with Crippen LogP contribution in [-0.4, -0.2) is 61.0 Å². The van der Waals surface area contributed by atoms with E-state index in [9.17, 15) is 9.59 Å². The van der Waals surface area contributed by atoms with Gasteiger partial charge in [-0.15, -0.1) is 0 Å². The summed E-state index contributed by atoms with van der Waals surface area (Å²) < 4.78 is 4.72. The molecule has 0 radical (unpaired) electrons. The maximum Gasteiger partial charge on any atom is 0.307 e. The summed E-state index contributed by atoms with van der Waals surface area (Å²) in [6.45, 7) is 7.00. The zero-order chi connectivity index (χ0) is 16.8. The highest BCUT2D eigenvalue weighted by atomic mass is 16.5. The summed E-state index contributed by atoms with van der Waals surface area (Å²) in [5.41, 5.74) is 1.05. The van der Waals surface area contributed by atoms with Crippen LogP contribution in [0.4, 0.5) is 0 Å². The van der Waals surface area contributed by atoms with Gasteiger partial charge in [-0.2, -0.15) is 0 Å². The van der Waals surface area contributed by atoms with E-state index < -0.39 is 0 Å². The normalized spacial score (nSPS) is 18.3. The average Bonchev–Trinajstić information content (AvgIpc) is 2.61. The van der Waals surface area contributed by atoms with Crippen LogP contribution in [0.2, 0.25) is 0 Å². The molecule has 5 heteroatoms. The van der Waals surface area contributed by atoms with E-state index in [1.54, 1.807) is 0 Å². The third-order valence-electron chi connectivity index (χ3n) is 4.61. The van der Waals surface area contributed by atoms with Gasteiger partial charge in [0, 0.05) is 32.2 Å². The van der Waals surface area contributed by atoms with Crippen LogP contribution in [0, 0.1) is 0 Å². The number of carbonyl (C=O) groups excluding carboxylic acids is 2. The van der Waals surface area contributed by atoms with E-state index >= 15 is 0 Å². The molecular formula is C18H26N2O3. The van der Waals surface area contributed by atoms with Crippen molar-refractivity contribution in [2.75, 3.05) is 33.3 Å². The van der Waals surface area contributed by atoms with Crippen LogP contribution in [0.15, 0.2) is 30.3 Å². The SMILES string of the molecule is COC(=O)C[C@H](C)N1CCN(C(=O)[C@@H](C)c2ccccc2)CC1. The lowest BCUT2D eigenvalue weighted by atomic mass is 9.99. The first-order valence-electron chi connectivity index (χ1n) is 8.17. The fourth-order valence-corrected chi connectivity index (χ4v) is 2.99. The van der Waals surface area contributed by atoms with Gasteiger partial charge in [0.15, 0.2) is 0 Å². The number of carbonyl (C=O) groups is 2. The van der Waals surface area contributed by atoms with Crippen LogP contribution in [0.5, 0.6) is 0 Å². The molecule has 0 saturated carbocycles. The molecule has 0 N–H and O–H groups in total. The summed E-state index contributed by atoms with van der Waals surface area (Å²) in [5.74, 6) is -0.125. The monoisotopic (exact) mass is 318 g/mol. The molecule has 1 aliphatic rings. The fraction of sp³-hybridized carbons (Fsp3) is 0.556. The molecule has 1 amide bonds. The second kappa shape index (κ2) is 8.11. The van der Waals surface area contributed by atoms with E-state index in [2.05, 4.69) is 4.90 Å². The van der Waals surface area contributed by atoms with Crippen LogP contribution in [0.1, 0.15) is 31.7 Å².